The summed E-state index contributed by atoms with van der Waals surface area (Å²) >= 11 is 0. The summed E-state index contributed by atoms with van der Waals surface area (Å²) in [7, 11) is 0. The van der Waals surface area contributed by atoms with Gasteiger partial charge in [0.05, 0.1) is 17.3 Å². The van der Waals surface area contributed by atoms with Gasteiger partial charge in [-0.15, -0.1) is 0 Å². The Balaban J connectivity index is 0.969. The first-order valence-corrected chi connectivity index (χ1v) is 21.9. The first-order valence-electron chi connectivity index (χ1n) is 21.9. The highest BCUT2D eigenvalue weighted by Crippen LogP contribution is 2.52. The standard InChI is InChI=1S/C59H43N3O/c1-38-56(43-22-12-5-13-23-43)60-59(44-30-28-42(29-31-44)39-16-6-2-7-17-39)61-57(38)48-24-15-27-54-55(48)49-25-14-26-52(58(49)63-54)62-51-35-33-45(40-18-8-3-9-19-40)36-50(51)47-34-32-46(37-53(47)62)41-20-10-4-11-21-41/h2-24,26-37,49,52,57-58H,1,25H2. The van der Waals surface area contributed by atoms with E-state index in [2.05, 4.69) is 205 Å². The largest absolute Gasteiger partial charge is 0.487 e. The lowest BCUT2D eigenvalue weighted by Crippen LogP contribution is -2.32. The van der Waals surface area contributed by atoms with Crippen LogP contribution in [0.1, 0.15) is 46.7 Å². The Labute approximate surface area is 367 Å². The van der Waals surface area contributed by atoms with Gasteiger partial charge in [-0.25, -0.2) is 4.99 Å². The molecule has 8 aromatic carbocycles. The molecule has 0 bridgehead atoms. The molecule has 1 aromatic heterocycles. The summed E-state index contributed by atoms with van der Waals surface area (Å²) in [6.45, 7) is 4.73. The van der Waals surface area contributed by atoms with Crippen molar-refractivity contribution in [2.75, 3.05) is 0 Å². The molecular formula is C59H43N3O. The number of amidine groups is 1. The van der Waals surface area contributed by atoms with E-state index in [-0.39, 0.29) is 24.1 Å². The van der Waals surface area contributed by atoms with Gasteiger partial charge in [-0.1, -0.05) is 195 Å². The highest BCUT2D eigenvalue weighted by Gasteiger charge is 2.44. The molecule has 3 aliphatic rings. The van der Waals surface area contributed by atoms with Gasteiger partial charge >= 0.3 is 0 Å². The van der Waals surface area contributed by atoms with Crippen LogP contribution in [0.3, 0.4) is 0 Å². The second kappa shape index (κ2) is 15.3. The van der Waals surface area contributed by atoms with Crippen molar-refractivity contribution < 1.29 is 4.74 Å². The van der Waals surface area contributed by atoms with E-state index in [0.29, 0.717) is 5.84 Å². The van der Waals surface area contributed by atoms with Crippen LogP contribution in [0.5, 0.6) is 5.75 Å². The molecule has 3 heterocycles. The number of aromatic nitrogens is 1. The number of ether oxygens (including phenoxy) is 1. The fourth-order valence-corrected chi connectivity index (χ4v) is 10.2. The molecule has 0 amide bonds. The van der Waals surface area contributed by atoms with Gasteiger partial charge in [0.25, 0.3) is 0 Å². The molecule has 4 nitrogen and oxygen atoms in total. The quantitative estimate of drug-likeness (QED) is 0.148. The Morgan fingerprint density at radius 1 is 0.508 bits per heavy atom. The van der Waals surface area contributed by atoms with E-state index >= 15 is 0 Å². The summed E-state index contributed by atoms with van der Waals surface area (Å²) < 4.78 is 9.76. The van der Waals surface area contributed by atoms with Gasteiger partial charge in [0.1, 0.15) is 17.9 Å². The summed E-state index contributed by atoms with van der Waals surface area (Å²) in [6.07, 6.45) is 5.48. The second-order valence-electron chi connectivity index (χ2n) is 16.8. The van der Waals surface area contributed by atoms with Crippen molar-refractivity contribution in [1.29, 1.82) is 0 Å². The summed E-state index contributed by atoms with van der Waals surface area (Å²) in [5.41, 5.74) is 15.6. The van der Waals surface area contributed by atoms with Crippen molar-refractivity contribution in [3.05, 3.63) is 247 Å². The zero-order valence-electron chi connectivity index (χ0n) is 34.7. The Bertz CT molecular complexity index is 3290. The second-order valence-corrected chi connectivity index (χ2v) is 16.8. The average molecular weight is 810 g/mol. The first-order chi connectivity index (χ1) is 31.2. The van der Waals surface area contributed by atoms with Gasteiger partial charge in [-0.05, 0) is 69.6 Å². The topological polar surface area (TPSA) is 38.9 Å². The van der Waals surface area contributed by atoms with E-state index in [4.69, 9.17) is 21.3 Å². The Kier molecular flexibility index (Phi) is 8.96. The summed E-state index contributed by atoms with van der Waals surface area (Å²) in [6, 6.07) is 70.8. The maximum Gasteiger partial charge on any atom is 0.156 e. The molecule has 300 valence electrons. The van der Waals surface area contributed by atoms with E-state index in [0.717, 1.165) is 45.7 Å². The molecule has 0 spiro atoms. The van der Waals surface area contributed by atoms with Crippen LogP contribution >= 0.6 is 0 Å². The van der Waals surface area contributed by atoms with Crippen LogP contribution in [0.2, 0.25) is 0 Å². The summed E-state index contributed by atoms with van der Waals surface area (Å²) in [4.78, 5) is 10.7. The molecule has 4 atom stereocenters. The third-order valence-corrected chi connectivity index (χ3v) is 13.2. The van der Waals surface area contributed by atoms with Gasteiger partial charge in [0, 0.05) is 44.5 Å². The molecule has 4 heteroatoms. The zero-order valence-corrected chi connectivity index (χ0v) is 34.7. The van der Waals surface area contributed by atoms with Gasteiger partial charge in [-0.2, -0.15) is 0 Å². The molecule has 63 heavy (non-hydrogen) atoms. The van der Waals surface area contributed by atoms with Crippen molar-refractivity contribution >= 4 is 33.4 Å². The monoisotopic (exact) mass is 809 g/mol. The molecule has 0 fully saturated rings. The lowest BCUT2D eigenvalue weighted by Gasteiger charge is -2.32. The Hall–Kier alpha value is -7.82. The summed E-state index contributed by atoms with van der Waals surface area (Å²) in [5.74, 6) is 1.74. The minimum Gasteiger partial charge on any atom is -0.487 e. The van der Waals surface area contributed by atoms with Gasteiger partial charge < -0.3 is 9.30 Å². The van der Waals surface area contributed by atoms with Gasteiger partial charge in [-0.3, -0.25) is 4.99 Å². The van der Waals surface area contributed by atoms with Crippen LogP contribution in [0.15, 0.2) is 234 Å². The molecule has 0 saturated carbocycles. The van der Waals surface area contributed by atoms with Crippen LogP contribution in [0, 0.1) is 0 Å². The van der Waals surface area contributed by atoms with E-state index in [9.17, 15) is 0 Å². The molecule has 12 rings (SSSR count). The predicted octanol–water partition coefficient (Wildman–Crippen LogP) is 14.4. The smallest absolute Gasteiger partial charge is 0.156 e. The van der Waals surface area contributed by atoms with Crippen molar-refractivity contribution in [3.63, 3.8) is 0 Å². The third-order valence-electron chi connectivity index (χ3n) is 13.2. The number of rotatable bonds is 7. The number of nitrogens with zero attached hydrogens (tertiary/aromatic N) is 3. The third kappa shape index (κ3) is 6.37. The van der Waals surface area contributed by atoms with Crippen LogP contribution in [-0.2, 0) is 0 Å². The molecule has 4 unspecified atom stereocenters. The molecule has 9 aromatic rings. The van der Waals surface area contributed by atoms with Crippen LogP contribution in [0.4, 0.5) is 0 Å². The average Bonchev–Trinajstić information content (AvgIpc) is 3.91. The molecule has 0 N–H and O–H groups in total. The normalized spacial score (nSPS) is 19.0. The fraction of sp³-hybridized carbons (Fsp3) is 0.0847. The number of hydrogen-bond acceptors (Lipinski definition) is 3. The van der Waals surface area contributed by atoms with Crippen molar-refractivity contribution in [2.45, 2.75) is 30.5 Å². The minimum absolute atomic E-state index is 0.0595. The number of hydrogen-bond donors (Lipinski definition) is 0. The lowest BCUT2D eigenvalue weighted by molar-refractivity contribution is 0.158. The Morgan fingerprint density at radius 3 is 1.76 bits per heavy atom. The van der Waals surface area contributed by atoms with E-state index in [1.807, 2.05) is 12.1 Å². The fourth-order valence-electron chi connectivity index (χ4n) is 10.2. The molecule has 0 saturated heterocycles. The number of aliphatic imine (C=N–C) groups is 2. The zero-order chi connectivity index (χ0) is 41.9. The van der Waals surface area contributed by atoms with Crippen LogP contribution in [0.25, 0.3) is 55.2 Å². The number of fused-ring (bicyclic) bond motifs is 6. The highest BCUT2D eigenvalue weighted by molar-refractivity contribution is 6.21. The van der Waals surface area contributed by atoms with E-state index < -0.39 is 0 Å². The van der Waals surface area contributed by atoms with Crippen LogP contribution < -0.4 is 4.74 Å². The summed E-state index contributed by atoms with van der Waals surface area (Å²) in [5, 5.41) is 2.47. The van der Waals surface area contributed by atoms with E-state index in [1.165, 1.54) is 55.2 Å². The minimum atomic E-state index is -0.346. The van der Waals surface area contributed by atoms with Crippen LogP contribution in [-0.4, -0.2) is 22.2 Å². The molecule has 0 radical (unpaired) electrons. The lowest BCUT2D eigenvalue weighted by atomic mass is 9.79. The maximum absolute atomic E-state index is 7.22. The van der Waals surface area contributed by atoms with Gasteiger partial charge in [0.15, 0.2) is 5.84 Å². The molecule has 1 aliphatic carbocycles. The SMILES string of the molecule is C=C1C(c2ccccc2)=NC(c2ccc(-c3ccccc3)cc2)=NC1c1cccc2c1C1CC=CC(n3c4ccc(-c5ccccc5)cc4c4ccc(-c5ccccc5)cc43)C1O2. The first kappa shape index (κ1) is 37.0. The van der Waals surface area contributed by atoms with Crippen molar-refractivity contribution in [3.8, 4) is 39.1 Å². The van der Waals surface area contributed by atoms with Crippen molar-refractivity contribution in [1.82, 2.24) is 4.57 Å². The maximum atomic E-state index is 7.22. The highest BCUT2D eigenvalue weighted by atomic mass is 16.5. The van der Waals surface area contributed by atoms with E-state index in [1.54, 1.807) is 0 Å². The molecule has 2 aliphatic heterocycles. The van der Waals surface area contributed by atoms with Gasteiger partial charge in [0.2, 0.25) is 0 Å². The number of benzene rings is 8. The predicted molar refractivity (Wildman–Crippen MR) is 260 cm³/mol. The molecular weight excluding hydrogens is 767 g/mol. The Morgan fingerprint density at radius 2 is 1.08 bits per heavy atom. The van der Waals surface area contributed by atoms with Crippen molar-refractivity contribution in [2.24, 2.45) is 9.98 Å². The number of allylic oxidation sites excluding steroid dienone is 1.